The van der Waals surface area contributed by atoms with Crippen LogP contribution in [0.4, 0.5) is 5.82 Å². The molecule has 2 aromatic heterocycles. The molecule has 0 aliphatic rings. The largest absolute Gasteiger partial charge is 0.373 e. The molecule has 19 heavy (non-hydrogen) atoms. The molecule has 0 saturated heterocycles. The van der Waals surface area contributed by atoms with Crippen LogP contribution in [0, 0.1) is 0 Å². The van der Waals surface area contributed by atoms with E-state index in [1.54, 1.807) is 4.68 Å². The number of anilines is 1. The van der Waals surface area contributed by atoms with Gasteiger partial charge in [0, 0.05) is 25.6 Å². The fraction of sp³-hybridized carbons (Fsp3) is 0.500. The van der Waals surface area contributed by atoms with Crippen LogP contribution < -0.4 is 5.32 Å². The zero-order valence-electron chi connectivity index (χ0n) is 11.8. The van der Waals surface area contributed by atoms with Crippen LogP contribution in [0.2, 0.25) is 0 Å². The van der Waals surface area contributed by atoms with Gasteiger partial charge in [0.2, 0.25) is 0 Å². The Balaban J connectivity index is 2.37. The molecule has 0 spiro atoms. The molecule has 0 aliphatic carbocycles. The van der Waals surface area contributed by atoms with Crippen molar-refractivity contribution in [2.45, 2.75) is 36.4 Å². The van der Waals surface area contributed by atoms with Crippen LogP contribution >= 0.6 is 11.8 Å². The Bertz CT molecular complexity index is 572. The lowest BCUT2D eigenvalue weighted by atomic mass is 9.96. The maximum Gasteiger partial charge on any atom is 0.192 e. The first-order valence-corrected chi connectivity index (χ1v) is 6.81. The molecular formula is C12H18N6S. The predicted octanol–water partition coefficient (Wildman–Crippen LogP) is 2.10. The van der Waals surface area contributed by atoms with Gasteiger partial charge in [-0.25, -0.2) is 19.6 Å². The van der Waals surface area contributed by atoms with Gasteiger partial charge in [-0.05, 0) is 11.8 Å². The summed E-state index contributed by atoms with van der Waals surface area (Å²) >= 11 is 1.48. The first kappa shape index (κ1) is 13.8. The van der Waals surface area contributed by atoms with Gasteiger partial charge in [0.05, 0.1) is 0 Å². The van der Waals surface area contributed by atoms with Crippen LogP contribution in [0.3, 0.4) is 0 Å². The SMILES string of the molecule is CNc1cc(Sc2ncnn2C)nc(C(C)(C)C)n1. The van der Waals surface area contributed by atoms with Crippen molar-refractivity contribution >= 4 is 17.6 Å². The summed E-state index contributed by atoms with van der Waals surface area (Å²) in [7, 11) is 3.71. The number of nitrogens with one attached hydrogen (secondary N) is 1. The number of aryl methyl sites for hydroxylation is 1. The fourth-order valence-corrected chi connectivity index (χ4v) is 2.18. The molecule has 2 heterocycles. The van der Waals surface area contributed by atoms with Crippen molar-refractivity contribution in [3.63, 3.8) is 0 Å². The van der Waals surface area contributed by atoms with Gasteiger partial charge in [-0.15, -0.1) is 0 Å². The minimum Gasteiger partial charge on any atom is -0.373 e. The van der Waals surface area contributed by atoms with Crippen molar-refractivity contribution in [2.24, 2.45) is 7.05 Å². The third-order valence-electron chi connectivity index (χ3n) is 2.50. The third-order valence-corrected chi connectivity index (χ3v) is 3.47. The molecule has 0 bridgehead atoms. The van der Waals surface area contributed by atoms with Crippen molar-refractivity contribution in [2.75, 3.05) is 12.4 Å². The summed E-state index contributed by atoms with van der Waals surface area (Å²) in [5.74, 6) is 1.62. The average Bonchev–Trinajstić information content (AvgIpc) is 2.73. The first-order valence-electron chi connectivity index (χ1n) is 5.99. The van der Waals surface area contributed by atoms with Crippen molar-refractivity contribution in [1.29, 1.82) is 0 Å². The number of aromatic nitrogens is 5. The molecule has 0 aliphatic heterocycles. The summed E-state index contributed by atoms with van der Waals surface area (Å²) < 4.78 is 1.72. The van der Waals surface area contributed by atoms with Gasteiger partial charge in [-0.3, -0.25) is 0 Å². The van der Waals surface area contributed by atoms with Crippen molar-refractivity contribution in [1.82, 2.24) is 24.7 Å². The number of hydrogen-bond acceptors (Lipinski definition) is 6. The third kappa shape index (κ3) is 3.23. The number of hydrogen-bond donors (Lipinski definition) is 1. The molecular weight excluding hydrogens is 260 g/mol. The monoisotopic (exact) mass is 278 g/mol. The van der Waals surface area contributed by atoms with Crippen LogP contribution in [-0.4, -0.2) is 31.8 Å². The summed E-state index contributed by atoms with van der Waals surface area (Å²) in [6.07, 6.45) is 1.53. The highest BCUT2D eigenvalue weighted by molar-refractivity contribution is 7.99. The molecule has 0 saturated carbocycles. The van der Waals surface area contributed by atoms with E-state index in [1.807, 2.05) is 20.2 Å². The Morgan fingerprint density at radius 1 is 1.26 bits per heavy atom. The zero-order chi connectivity index (χ0) is 14.0. The fourth-order valence-electron chi connectivity index (χ4n) is 1.41. The Kier molecular flexibility index (Phi) is 3.75. The highest BCUT2D eigenvalue weighted by atomic mass is 32.2. The average molecular weight is 278 g/mol. The standard InChI is InChI=1S/C12H18N6S/c1-12(2,3)10-16-8(13-4)6-9(17-10)19-11-14-7-15-18(11)5/h6-7H,1-5H3,(H,13,16,17). The number of nitrogens with zero attached hydrogens (tertiary/aromatic N) is 5. The van der Waals surface area contributed by atoms with E-state index in [4.69, 9.17) is 0 Å². The second-order valence-corrected chi connectivity index (χ2v) is 6.17. The van der Waals surface area contributed by atoms with Crippen molar-refractivity contribution in [3.05, 3.63) is 18.2 Å². The molecule has 0 unspecified atom stereocenters. The molecule has 102 valence electrons. The summed E-state index contributed by atoms with van der Waals surface area (Å²) in [5, 5.41) is 8.79. The summed E-state index contributed by atoms with van der Waals surface area (Å²) in [6.45, 7) is 6.29. The van der Waals surface area contributed by atoms with Gasteiger partial charge in [-0.2, -0.15) is 5.10 Å². The Morgan fingerprint density at radius 3 is 2.53 bits per heavy atom. The summed E-state index contributed by atoms with van der Waals surface area (Å²) in [4.78, 5) is 13.3. The van der Waals surface area contributed by atoms with E-state index in [-0.39, 0.29) is 5.41 Å². The molecule has 0 fully saturated rings. The van der Waals surface area contributed by atoms with Crippen molar-refractivity contribution in [3.8, 4) is 0 Å². The Morgan fingerprint density at radius 2 is 2.00 bits per heavy atom. The predicted molar refractivity (Wildman–Crippen MR) is 75.4 cm³/mol. The Labute approximate surface area is 117 Å². The van der Waals surface area contributed by atoms with Crippen LogP contribution in [0.15, 0.2) is 22.6 Å². The van der Waals surface area contributed by atoms with Crippen LogP contribution in [0.5, 0.6) is 0 Å². The van der Waals surface area contributed by atoms with Crippen LogP contribution in [-0.2, 0) is 12.5 Å². The van der Waals surface area contributed by atoms with E-state index in [9.17, 15) is 0 Å². The van der Waals surface area contributed by atoms with E-state index in [1.165, 1.54) is 18.1 Å². The second-order valence-electron chi connectivity index (χ2n) is 5.18. The lowest BCUT2D eigenvalue weighted by Gasteiger charge is -2.18. The van der Waals surface area contributed by atoms with E-state index >= 15 is 0 Å². The van der Waals surface area contributed by atoms with Gasteiger partial charge in [0.25, 0.3) is 0 Å². The molecule has 7 heteroatoms. The lowest BCUT2D eigenvalue weighted by molar-refractivity contribution is 0.539. The lowest BCUT2D eigenvalue weighted by Crippen LogP contribution is -2.17. The van der Waals surface area contributed by atoms with E-state index < -0.39 is 0 Å². The topological polar surface area (TPSA) is 68.5 Å². The molecule has 1 N–H and O–H groups in total. The van der Waals surface area contributed by atoms with Gasteiger partial charge in [0.15, 0.2) is 5.16 Å². The van der Waals surface area contributed by atoms with Gasteiger partial charge < -0.3 is 5.32 Å². The quantitative estimate of drug-likeness (QED) is 0.867. The molecule has 2 rings (SSSR count). The molecule has 0 amide bonds. The van der Waals surface area contributed by atoms with Gasteiger partial charge in [0.1, 0.15) is 23.0 Å². The normalized spacial score (nSPS) is 11.6. The maximum absolute atomic E-state index is 4.60. The molecule has 2 aromatic rings. The number of rotatable bonds is 3. The minimum atomic E-state index is -0.0952. The molecule has 6 nitrogen and oxygen atoms in total. The van der Waals surface area contributed by atoms with Gasteiger partial charge >= 0.3 is 0 Å². The second kappa shape index (κ2) is 5.16. The summed E-state index contributed by atoms with van der Waals surface area (Å²) in [6, 6.07) is 1.91. The summed E-state index contributed by atoms with van der Waals surface area (Å²) in [5.41, 5.74) is -0.0952. The molecule has 0 atom stereocenters. The highest BCUT2D eigenvalue weighted by Crippen LogP contribution is 2.28. The van der Waals surface area contributed by atoms with Crippen molar-refractivity contribution < 1.29 is 0 Å². The first-order chi connectivity index (χ1) is 8.90. The van der Waals surface area contributed by atoms with Gasteiger partial charge in [-0.1, -0.05) is 20.8 Å². The minimum absolute atomic E-state index is 0.0952. The highest BCUT2D eigenvalue weighted by Gasteiger charge is 2.19. The molecule has 0 radical (unpaired) electrons. The van der Waals surface area contributed by atoms with E-state index in [0.717, 1.165) is 21.8 Å². The maximum atomic E-state index is 4.60. The smallest absolute Gasteiger partial charge is 0.192 e. The Hall–Kier alpha value is -1.63. The molecule has 0 aromatic carbocycles. The van der Waals surface area contributed by atoms with E-state index in [2.05, 4.69) is 46.1 Å². The van der Waals surface area contributed by atoms with Crippen LogP contribution in [0.1, 0.15) is 26.6 Å². The van der Waals surface area contributed by atoms with E-state index in [0.29, 0.717) is 0 Å². The van der Waals surface area contributed by atoms with Crippen LogP contribution in [0.25, 0.3) is 0 Å². The zero-order valence-corrected chi connectivity index (χ0v) is 12.6.